The molecule has 0 bridgehead atoms. The molecule has 34 heavy (non-hydrogen) atoms. The van der Waals surface area contributed by atoms with E-state index in [0.717, 1.165) is 10.9 Å². The van der Waals surface area contributed by atoms with E-state index in [1.165, 1.54) is 6.07 Å². The van der Waals surface area contributed by atoms with Crippen molar-refractivity contribution in [2.45, 2.75) is 13.8 Å². The highest BCUT2D eigenvalue weighted by Crippen LogP contribution is 2.25. The number of nitrogens with zero attached hydrogens (tertiary/aromatic N) is 1. The molecule has 0 fully saturated rings. The predicted octanol–water partition coefficient (Wildman–Crippen LogP) is 5.23. The van der Waals surface area contributed by atoms with Crippen LogP contribution in [0, 0.1) is 24.0 Å². The summed E-state index contributed by atoms with van der Waals surface area (Å²) in [7, 11) is 0. The van der Waals surface area contributed by atoms with Gasteiger partial charge in [0.05, 0.1) is 11.0 Å². The van der Waals surface area contributed by atoms with Gasteiger partial charge < -0.3 is 19.8 Å². The fourth-order valence-corrected chi connectivity index (χ4v) is 3.38. The zero-order valence-corrected chi connectivity index (χ0v) is 18.5. The second-order valence-corrected chi connectivity index (χ2v) is 7.67. The fourth-order valence-electron chi connectivity index (χ4n) is 3.38. The van der Waals surface area contributed by atoms with E-state index in [1.807, 2.05) is 18.2 Å². The fraction of sp³-hybridized carbons (Fsp3) is 0.120. The van der Waals surface area contributed by atoms with Gasteiger partial charge in [-0.05, 0) is 61.9 Å². The minimum Gasteiger partial charge on any atom is -0.484 e. The van der Waals surface area contributed by atoms with Gasteiger partial charge in [0.25, 0.3) is 17.5 Å². The molecule has 4 rings (SSSR count). The van der Waals surface area contributed by atoms with Crippen LogP contribution in [0.5, 0.6) is 5.75 Å². The first-order chi connectivity index (χ1) is 16.3. The normalized spacial score (nSPS) is 10.6. The summed E-state index contributed by atoms with van der Waals surface area (Å²) in [5, 5.41) is 17.4. The quantitative estimate of drug-likeness (QED) is 0.288. The van der Waals surface area contributed by atoms with Gasteiger partial charge in [-0.3, -0.25) is 19.7 Å². The summed E-state index contributed by atoms with van der Waals surface area (Å²) in [5.74, 6) is -0.378. The van der Waals surface area contributed by atoms with Gasteiger partial charge in [0.1, 0.15) is 11.3 Å². The zero-order chi connectivity index (χ0) is 24.2. The molecule has 9 nitrogen and oxygen atoms in total. The molecule has 0 saturated carbocycles. The molecule has 2 amide bonds. The molecular weight excluding hydrogens is 438 g/mol. The SMILES string of the molecule is Cc1cc(NC(=O)COc2ccc(C)c([N+](=O)[O-])c2)ccc1NC(=O)c1cc2ccccc2o1. The van der Waals surface area contributed by atoms with E-state index in [0.29, 0.717) is 22.5 Å². The molecule has 4 aromatic rings. The monoisotopic (exact) mass is 459 g/mol. The van der Waals surface area contributed by atoms with Crippen LogP contribution in [0.1, 0.15) is 21.7 Å². The van der Waals surface area contributed by atoms with Gasteiger partial charge in [-0.1, -0.05) is 18.2 Å². The molecule has 172 valence electrons. The highest BCUT2D eigenvalue weighted by molar-refractivity contribution is 6.05. The number of nitro benzene ring substituents is 1. The minimum absolute atomic E-state index is 0.0752. The molecule has 1 aromatic heterocycles. The number of para-hydroxylation sites is 1. The molecule has 0 aliphatic heterocycles. The molecule has 0 aliphatic carbocycles. The van der Waals surface area contributed by atoms with Crippen molar-refractivity contribution in [3.05, 3.63) is 93.7 Å². The van der Waals surface area contributed by atoms with Gasteiger partial charge >= 0.3 is 0 Å². The molecule has 0 saturated heterocycles. The van der Waals surface area contributed by atoms with Crippen molar-refractivity contribution < 1.29 is 23.7 Å². The second kappa shape index (κ2) is 9.45. The number of rotatable bonds is 7. The van der Waals surface area contributed by atoms with Crippen molar-refractivity contribution in [3.63, 3.8) is 0 Å². The second-order valence-electron chi connectivity index (χ2n) is 7.67. The number of carbonyl (C=O) groups is 2. The lowest BCUT2D eigenvalue weighted by atomic mass is 10.1. The summed E-state index contributed by atoms with van der Waals surface area (Å²) >= 11 is 0. The zero-order valence-electron chi connectivity index (χ0n) is 18.5. The van der Waals surface area contributed by atoms with Crippen molar-refractivity contribution in [2.75, 3.05) is 17.2 Å². The summed E-state index contributed by atoms with van der Waals surface area (Å²) in [6.45, 7) is 3.11. The molecule has 9 heteroatoms. The van der Waals surface area contributed by atoms with Gasteiger partial charge in [-0.25, -0.2) is 0 Å². The van der Waals surface area contributed by atoms with Crippen molar-refractivity contribution in [3.8, 4) is 5.75 Å². The van der Waals surface area contributed by atoms with Crippen LogP contribution in [0.3, 0.4) is 0 Å². The van der Waals surface area contributed by atoms with Crippen LogP contribution in [-0.4, -0.2) is 23.3 Å². The third-order valence-corrected chi connectivity index (χ3v) is 5.15. The van der Waals surface area contributed by atoms with E-state index in [-0.39, 0.29) is 29.7 Å². The maximum atomic E-state index is 12.6. The lowest BCUT2D eigenvalue weighted by Crippen LogP contribution is -2.20. The van der Waals surface area contributed by atoms with Gasteiger partial charge in [0, 0.05) is 22.3 Å². The van der Waals surface area contributed by atoms with Gasteiger partial charge in [0.2, 0.25) is 0 Å². The largest absolute Gasteiger partial charge is 0.484 e. The Morgan fingerprint density at radius 1 is 0.971 bits per heavy atom. The number of ether oxygens (including phenoxy) is 1. The summed E-state index contributed by atoms with van der Waals surface area (Å²) in [4.78, 5) is 35.4. The third kappa shape index (κ3) is 5.04. The number of amides is 2. The lowest BCUT2D eigenvalue weighted by molar-refractivity contribution is -0.385. The average Bonchev–Trinajstić information content (AvgIpc) is 3.24. The van der Waals surface area contributed by atoms with Crippen LogP contribution in [0.4, 0.5) is 17.1 Å². The number of hydrogen-bond acceptors (Lipinski definition) is 6. The average molecular weight is 459 g/mol. The van der Waals surface area contributed by atoms with E-state index >= 15 is 0 Å². The first-order valence-electron chi connectivity index (χ1n) is 10.4. The predicted molar refractivity (Wildman–Crippen MR) is 127 cm³/mol. The Morgan fingerprint density at radius 3 is 2.50 bits per heavy atom. The first-order valence-corrected chi connectivity index (χ1v) is 10.4. The molecular formula is C25H21N3O6. The molecule has 0 spiro atoms. The first kappa shape index (κ1) is 22.5. The Hall–Kier alpha value is -4.66. The highest BCUT2D eigenvalue weighted by Gasteiger charge is 2.15. The number of nitro groups is 1. The van der Waals surface area contributed by atoms with Crippen LogP contribution in [0.15, 0.2) is 71.1 Å². The van der Waals surface area contributed by atoms with Crippen LogP contribution in [0.2, 0.25) is 0 Å². The van der Waals surface area contributed by atoms with Crippen LogP contribution < -0.4 is 15.4 Å². The molecule has 0 unspecified atom stereocenters. The number of anilines is 2. The van der Waals surface area contributed by atoms with E-state index in [2.05, 4.69) is 10.6 Å². The summed E-state index contributed by atoms with van der Waals surface area (Å²) in [5.41, 5.74) is 2.88. The number of hydrogen-bond donors (Lipinski definition) is 2. The summed E-state index contributed by atoms with van der Waals surface area (Å²) in [6.07, 6.45) is 0. The van der Waals surface area contributed by atoms with E-state index < -0.39 is 10.8 Å². The van der Waals surface area contributed by atoms with Crippen LogP contribution >= 0.6 is 0 Å². The Bertz CT molecular complexity index is 1380. The summed E-state index contributed by atoms with van der Waals surface area (Å²) in [6, 6.07) is 18.5. The van der Waals surface area contributed by atoms with Crippen LogP contribution in [-0.2, 0) is 4.79 Å². The van der Waals surface area contributed by atoms with Gasteiger partial charge in [-0.2, -0.15) is 0 Å². The molecule has 2 N–H and O–H groups in total. The van der Waals surface area contributed by atoms with Crippen molar-refractivity contribution in [2.24, 2.45) is 0 Å². The third-order valence-electron chi connectivity index (χ3n) is 5.15. The smallest absolute Gasteiger partial charge is 0.291 e. The maximum absolute atomic E-state index is 12.6. The molecule has 1 heterocycles. The number of furan rings is 1. The number of benzene rings is 3. The molecule has 0 atom stereocenters. The van der Waals surface area contributed by atoms with Gasteiger partial charge in [-0.15, -0.1) is 0 Å². The van der Waals surface area contributed by atoms with Gasteiger partial charge in [0.15, 0.2) is 12.4 Å². The van der Waals surface area contributed by atoms with E-state index in [4.69, 9.17) is 9.15 Å². The van der Waals surface area contributed by atoms with E-state index in [1.54, 1.807) is 56.3 Å². The Labute approximate surface area is 194 Å². The molecule has 0 aliphatic rings. The topological polar surface area (TPSA) is 124 Å². The minimum atomic E-state index is -0.500. The van der Waals surface area contributed by atoms with E-state index in [9.17, 15) is 19.7 Å². The maximum Gasteiger partial charge on any atom is 0.291 e. The van der Waals surface area contributed by atoms with Crippen molar-refractivity contribution in [1.82, 2.24) is 0 Å². The number of nitrogens with one attached hydrogen (secondary N) is 2. The summed E-state index contributed by atoms with van der Waals surface area (Å²) < 4.78 is 11.0. The lowest BCUT2D eigenvalue weighted by Gasteiger charge is -2.11. The molecule has 0 radical (unpaired) electrons. The van der Waals surface area contributed by atoms with Crippen molar-refractivity contribution in [1.29, 1.82) is 0 Å². The Morgan fingerprint density at radius 2 is 1.76 bits per heavy atom. The van der Waals surface area contributed by atoms with Crippen molar-refractivity contribution >= 4 is 39.8 Å². The highest BCUT2D eigenvalue weighted by atomic mass is 16.6. The Balaban J connectivity index is 1.36. The number of carbonyl (C=O) groups excluding carboxylic acids is 2. The number of aryl methyl sites for hydroxylation is 2. The standard InChI is InChI=1S/C25H21N3O6/c1-15-7-9-19(13-21(15)28(31)32)33-14-24(29)26-18-8-10-20(16(2)11-18)27-25(30)23-12-17-5-3-4-6-22(17)34-23/h3-13H,14H2,1-2H3,(H,26,29)(H,27,30). The Kier molecular flexibility index (Phi) is 6.26. The molecule has 3 aromatic carbocycles. The van der Waals surface area contributed by atoms with Crippen LogP contribution in [0.25, 0.3) is 11.0 Å². The number of fused-ring (bicyclic) bond motifs is 1.